The van der Waals surface area contributed by atoms with Crippen LogP contribution in [0.4, 0.5) is 0 Å². The van der Waals surface area contributed by atoms with Gasteiger partial charge in [0.05, 0.1) is 6.54 Å². The van der Waals surface area contributed by atoms with Crippen LogP contribution < -0.4 is 0 Å². The van der Waals surface area contributed by atoms with E-state index in [0.29, 0.717) is 24.8 Å². The SMILES string of the molecule is CCC(=O)CN(C)C1CCOCC1. The van der Waals surface area contributed by atoms with Crippen LogP contribution >= 0.6 is 0 Å². The second-order valence-electron chi connectivity index (χ2n) is 3.65. The number of rotatable bonds is 4. The molecule has 1 fully saturated rings. The number of ether oxygens (including phenoxy) is 1. The maximum Gasteiger partial charge on any atom is 0.146 e. The van der Waals surface area contributed by atoms with Crippen molar-refractivity contribution in [3.63, 3.8) is 0 Å². The van der Waals surface area contributed by atoms with Gasteiger partial charge in [0.25, 0.3) is 0 Å². The number of carbonyl (C=O) groups is 1. The standard InChI is InChI=1S/C10H19NO2/c1-3-10(12)8-11(2)9-4-6-13-7-5-9/h9H,3-8H2,1-2H3. The Morgan fingerprint density at radius 1 is 1.46 bits per heavy atom. The van der Waals surface area contributed by atoms with Crippen LogP contribution in [0.3, 0.4) is 0 Å². The molecule has 3 nitrogen and oxygen atoms in total. The van der Waals surface area contributed by atoms with Crippen molar-refractivity contribution >= 4 is 5.78 Å². The first-order valence-electron chi connectivity index (χ1n) is 5.03. The molecule has 0 aliphatic carbocycles. The molecule has 13 heavy (non-hydrogen) atoms. The smallest absolute Gasteiger partial charge is 0.146 e. The van der Waals surface area contributed by atoms with Crippen molar-refractivity contribution in [3.8, 4) is 0 Å². The van der Waals surface area contributed by atoms with Crippen molar-refractivity contribution < 1.29 is 9.53 Å². The van der Waals surface area contributed by atoms with E-state index >= 15 is 0 Å². The summed E-state index contributed by atoms with van der Waals surface area (Å²) in [7, 11) is 2.03. The zero-order valence-electron chi connectivity index (χ0n) is 8.58. The minimum atomic E-state index is 0.328. The van der Waals surface area contributed by atoms with Gasteiger partial charge in [0, 0.05) is 25.7 Å². The molecular formula is C10H19NO2. The second-order valence-corrected chi connectivity index (χ2v) is 3.65. The van der Waals surface area contributed by atoms with Crippen LogP contribution in [0.25, 0.3) is 0 Å². The highest BCUT2D eigenvalue weighted by atomic mass is 16.5. The molecule has 76 valence electrons. The first kappa shape index (κ1) is 10.7. The minimum absolute atomic E-state index is 0.328. The summed E-state index contributed by atoms with van der Waals surface area (Å²) >= 11 is 0. The molecule has 1 heterocycles. The third kappa shape index (κ3) is 3.44. The number of likely N-dealkylation sites (N-methyl/N-ethyl adjacent to an activating group) is 1. The lowest BCUT2D eigenvalue weighted by Gasteiger charge is -2.30. The highest BCUT2D eigenvalue weighted by molar-refractivity contribution is 5.80. The summed E-state index contributed by atoms with van der Waals surface area (Å²) < 4.78 is 5.27. The molecule has 0 amide bonds. The molecule has 1 aliphatic heterocycles. The number of hydrogen-bond acceptors (Lipinski definition) is 3. The Kier molecular flexibility index (Phi) is 4.39. The lowest BCUT2D eigenvalue weighted by Crippen LogP contribution is -2.39. The molecule has 0 saturated carbocycles. The van der Waals surface area contributed by atoms with Crippen molar-refractivity contribution in [1.82, 2.24) is 4.90 Å². The topological polar surface area (TPSA) is 29.5 Å². The zero-order valence-corrected chi connectivity index (χ0v) is 8.58. The average Bonchev–Trinajstić information content (AvgIpc) is 2.19. The van der Waals surface area contributed by atoms with E-state index in [-0.39, 0.29) is 0 Å². The number of hydrogen-bond donors (Lipinski definition) is 0. The normalized spacial score (nSPS) is 19.3. The quantitative estimate of drug-likeness (QED) is 0.656. The molecule has 1 saturated heterocycles. The highest BCUT2D eigenvalue weighted by Gasteiger charge is 2.19. The molecule has 0 bridgehead atoms. The van der Waals surface area contributed by atoms with E-state index in [0.717, 1.165) is 26.1 Å². The van der Waals surface area contributed by atoms with Crippen LogP contribution in [0.5, 0.6) is 0 Å². The Morgan fingerprint density at radius 2 is 2.08 bits per heavy atom. The van der Waals surface area contributed by atoms with Crippen LogP contribution in [-0.4, -0.2) is 43.5 Å². The first-order chi connectivity index (χ1) is 6.24. The van der Waals surface area contributed by atoms with E-state index in [9.17, 15) is 4.79 Å². The van der Waals surface area contributed by atoms with E-state index in [1.807, 2.05) is 14.0 Å². The predicted octanol–water partition coefficient (Wildman–Crippen LogP) is 1.08. The highest BCUT2D eigenvalue weighted by Crippen LogP contribution is 2.12. The Labute approximate surface area is 80.1 Å². The van der Waals surface area contributed by atoms with Gasteiger partial charge >= 0.3 is 0 Å². The fraction of sp³-hybridized carbons (Fsp3) is 0.900. The third-order valence-electron chi connectivity index (χ3n) is 2.63. The Morgan fingerprint density at radius 3 is 2.62 bits per heavy atom. The molecule has 0 N–H and O–H groups in total. The summed E-state index contributed by atoms with van der Waals surface area (Å²) in [4.78, 5) is 13.4. The molecule has 1 rings (SSSR count). The second kappa shape index (κ2) is 5.35. The zero-order chi connectivity index (χ0) is 9.68. The van der Waals surface area contributed by atoms with Gasteiger partial charge < -0.3 is 4.74 Å². The van der Waals surface area contributed by atoms with Gasteiger partial charge in [0.15, 0.2) is 0 Å². The average molecular weight is 185 g/mol. The lowest BCUT2D eigenvalue weighted by atomic mass is 10.1. The van der Waals surface area contributed by atoms with Crippen LogP contribution in [-0.2, 0) is 9.53 Å². The largest absolute Gasteiger partial charge is 0.381 e. The maximum atomic E-state index is 11.2. The molecule has 3 heteroatoms. The summed E-state index contributed by atoms with van der Waals surface area (Å²) in [5, 5.41) is 0. The summed E-state index contributed by atoms with van der Waals surface area (Å²) in [5.41, 5.74) is 0. The van der Waals surface area contributed by atoms with E-state index in [2.05, 4.69) is 4.90 Å². The van der Waals surface area contributed by atoms with Gasteiger partial charge in [-0.2, -0.15) is 0 Å². The van der Waals surface area contributed by atoms with Crippen molar-refractivity contribution in [2.45, 2.75) is 32.2 Å². The molecule has 1 aliphatic rings. The lowest BCUT2D eigenvalue weighted by molar-refractivity contribution is -0.120. The van der Waals surface area contributed by atoms with E-state index in [1.54, 1.807) is 0 Å². The summed E-state index contributed by atoms with van der Waals surface area (Å²) in [5.74, 6) is 0.328. The third-order valence-corrected chi connectivity index (χ3v) is 2.63. The number of nitrogens with zero attached hydrogens (tertiary/aromatic N) is 1. The Hall–Kier alpha value is -0.410. The van der Waals surface area contributed by atoms with E-state index in [1.165, 1.54) is 0 Å². The van der Waals surface area contributed by atoms with Gasteiger partial charge in [-0.15, -0.1) is 0 Å². The van der Waals surface area contributed by atoms with Gasteiger partial charge in [-0.05, 0) is 19.9 Å². The van der Waals surface area contributed by atoms with Gasteiger partial charge in [-0.1, -0.05) is 6.92 Å². The summed E-state index contributed by atoms with van der Waals surface area (Å²) in [6, 6.07) is 0.546. The van der Waals surface area contributed by atoms with Gasteiger partial charge in [-0.3, -0.25) is 9.69 Å². The Balaban J connectivity index is 2.28. The summed E-state index contributed by atoms with van der Waals surface area (Å²) in [6.07, 6.45) is 2.77. The van der Waals surface area contributed by atoms with Crippen molar-refractivity contribution in [2.24, 2.45) is 0 Å². The first-order valence-corrected chi connectivity index (χ1v) is 5.03. The molecule has 0 aromatic heterocycles. The number of Topliss-reactive ketones (excluding diaryl/α,β-unsaturated/α-hetero) is 1. The molecule has 0 spiro atoms. The Bertz CT molecular complexity index is 164. The fourth-order valence-corrected chi connectivity index (χ4v) is 1.64. The number of ketones is 1. The van der Waals surface area contributed by atoms with Crippen LogP contribution in [0, 0.1) is 0 Å². The van der Waals surface area contributed by atoms with Crippen molar-refractivity contribution in [3.05, 3.63) is 0 Å². The van der Waals surface area contributed by atoms with Crippen LogP contribution in [0.1, 0.15) is 26.2 Å². The maximum absolute atomic E-state index is 11.2. The molecule has 0 unspecified atom stereocenters. The van der Waals surface area contributed by atoms with Gasteiger partial charge in [0.1, 0.15) is 5.78 Å². The van der Waals surface area contributed by atoms with Crippen LogP contribution in [0.15, 0.2) is 0 Å². The minimum Gasteiger partial charge on any atom is -0.381 e. The van der Waals surface area contributed by atoms with E-state index < -0.39 is 0 Å². The van der Waals surface area contributed by atoms with Crippen molar-refractivity contribution in [1.29, 1.82) is 0 Å². The molecular weight excluding hydrogens is 166 g/mol. The van der Waals surface area contributed by atoms with Crippen molar-refractivity contribution in [2.75, 3.05) is 26.8 Å². The molecule has 0 aromatic carbocycles. The predicted molar refractivity (Wildman–Crippen MR) is 51.8 cm³/mol. The monoisotopic (exact) mass is 185 g/mol. The van der Waals surface area contributed by atoms with E-state index in [4.69, 9.17) is 4.74 Å². The van der Waals surface area contributed by atoms with Crippen LogP contribution in [0.2, 0.25) is 0 Å². The molecule has 0 radical (unpaired) electrons. The van der Waals surface area contributed by atoms with Gasteiger partial charge in [0.2, 0.25) is 0 Å². The van der Waals surface area contributed by atoms with Gasteiger partial charge in [-0.25, -0.2) is 0 Å². The fourth-order valence-electron chi connectivity index (χ4n) is 1.64. The molecule has 0 aromatic rings. The summed E-state index contributed by atoms with van der Waals surface area (Å²) in [6.45, 7) is 4.20. The molecule has 0 atom stereocenters. The number of carbonyl (C=O) groups excluding carboxylic acids is 1.